The van der Waals surface area contributed by atoms with Crippen LogP contribution in [-0.2, 0) is 0 Å². The molecular formula is C20H15N3. The summed E-state index contributed by atoms with van der Waals surface area (Å²) in [4.78, 5) is 4.42. The zero-order valence-corrected chi connectivity index (χ0v) is 12.5. The second-order valence-electron chi connectivity index (χ2n) is 5.32. The third-order valence-corrected chi connectivity index (χ3v) is 3.84. The molecule has 3 heteroatoms. The fraction of sp³-hybridized carbons (Fsp3) is 0. The van der Waals surface area contributed by atoms with E-state index in [1.54, 1.807) is 6.20 Å². The predicted octanol–water partition coefficient (Wildman–Crippen LogP) is 4.83. The molecule has 0 aliphatic carbocycles. The maximum absolute atomic E-state index is 4.42. The Labute approximate surface area is 134 Å². The quantitative estimate of drug-likeness (QED) is 0.434. The predicted molar refractivity (Wildman–Crippen MR) is 96.9 cm³/mol. The molecule has 110 valence electrons. The molecule has 3 aromatic carbocycles. The molecule has 0 fully saturated rings. The number of hydrogen-bond acceptors (Lipinski definition) is 3. The summed E-state index contributed by atoms with van der Waals surface area (Å²) in [5.74, 6) is 0. The van der Waals surface area contributed by atoms with E-state index in [9.17, 15) is 0 Å². The van der Waals surface area contributed by atoms with Crippen LogP contribution >= 0.6 is 0 Å². The average Bonchev–Trinajstić information content (AvgIpc) is 2.62. The highest BCUT2D eigenvalue weighted by molar-refractivity contribution is 6.00. The van der Waals surface area contributed by atoms with Gasteiger partial charge >= 0.3 is 0 Å². The van der Waals surface area contributed by atoms with E-state index >= 15 is 0 Å². The molecule has 1 N–H and O–H groups in total. The van der Waals surface area contributed by atoms with Crippen LogP contribution in [0.1, 0.15) is 5.56 Å². The Kier molecular flexibility index (Phi) is 3.45. The molecule has 4 aromatic rings. The Hall–Kier alpha value is -3.20. The molecule has 0 unspecified atom stereocenters. The number of benzene rings is 3. The number of para-hydroxylation sites is 1. The first-order valence-electron chi connectivity index (χ1n) is 7.52. The summed E-state index contributed by atoms with van der Waals surface area (Å²) < 4.78 is 0. The first-order chi connectivity index (χ1) is 11.4. The minimum absolute atomic E-state index is 0.902. The maximum Gasteiger partial charge on any atom is 0.0951 e. The Morgan fingerprint density at radius 3 is 2.57 bits per heavy atom. The van der Waals surface area contributed by atoms with Crippen molar-refractivity contribution >= 4 is 33.6 Å². The van der Waals surface area contributed by atoms with Crippen LogP contribution in [0, 0.1) is 0 Å². The third-order valence-electron chi connectivity index (χ3n) is 3.84. The minimum Gasteiger partial charge on any atom is -0.276 e. The van der Waals surface area contributed by atoms with Gasteiger partial charge in [-0.1, -0.05) is 60.7 Å². The Morgan fingerprint density at radius 1 is 0.783 bits per heavy atom. The molecular weight excluding hydrogens is 282 g/mol. The molecule has 0 aliphatic heterocycles. The monoisotopic (exact) mass is 297 g/mol. The van der Waals surface area contributed by atoms with Gasteiger partial charge in [-0.05, 0) is 22.9 Å². The second kappa shape index (κ2) is 5.89. The van der Waals surface area contributed by atoms with E-state index in [0.717, 1.165) is 22.2 Å². The maximum atomic E-state index is 4.42. The summed E-state index contributed by atoms with van der Waals surface area (Å²) in [6.45, 7) is 0. The molecule has 0 saturated carbocycles. The van der Waals surface area contributed by atoms with Crippen molar-refractivity contribution in [3.8, 4) is 0 Å². The number of nitrogens with zero attached hydrogens (tertiary/aromatic N) is 2. The van der Waals surface area contributed by atoms with Crippen LogP contribution in [0.4, 0.5) is 5.69 Å². The van der Waals surface area contributed by atoms with E-state index in [2.05, 4.69) is 39.8 Å². The number of pyridine rings is 1. The lowest BCUT2D eigenvalue weighted by Gasteiger charge is -2.05. The SMILES string of the molecule is C(=N/Nc1cccc2cccnc12)/c1cccc2ccccc12. The van der Waals surface area contributed by atoms with E-state index in [4.69, 9.17) is 0 Å². The van der Waals surface area contributed by atoms with Crippen LogP contribution in [0.25, 0.3) is 21.7 Å². The van der Waals surface area contributed by atoms with E-state index in [0.29, 0.717) is 0 Å². The van der Waals surface area contributed by atoms with Gasteiger partial charge in [-0.15, -0.1) is 0 Å². The Balaban J connectivity index is 1.66. The number of rotatable bonds is 3. The van der Waals surface area contributed by atoms with Crippen LogP contribution in [0.2, 0.25) is 0 Å². The Morgan fingerprint density at radius 2 is 1.57 bits per heavy atom. The van der Waals surface area contributed by atoms with E-state index in [-0.39, 0.29) is 0 Å². The van der Waals surface area contributed by atoms with Gasteiger partial charge in [0.1, 0.15) is 0 Å². The summed E-state index contributed by atoms with van der Waals surface area (Å²) in [5.41, 5.74) is 6.02. The van der Waals surface area contributed by atoms with Crippen LogP contribution in [-0.4, -0.2) is 11.2 Å². The van der Waals surface area contributed by atoms with Gasteiger partial charge in [-0.2, -0.15) is 5.10 Å². The third kappa shape index (κ3) is 2.64. The van der Waals surface area contributed by atoms with E-state index in [1.807, 2.05) is 54.7 Å². The summed E-state index contributed by atoms with van der Waals surface area (Å²) >= 11 is 0. The average molecular weight is 297 g/mol. The van der Waals surface area contributed by atoms with Crippen molar-refractivity contribution in [2.24, 2.45) is 5.10 Å². The zero-order valence-electron chi connectivity index (χ0n) is 12.5. The molecule has 3 nitrogen and oxygen atoms in total. The summed E-state index contributed by atoms with van der Waals surface area (Å²) in [7, 11) is 0. The fourth-order valence-corrected chi connectivity index (χ4v) is 2.73. The molecule has 23 heavy (non-hydrogen) atoms. The molecule has 0 radical (unpaired) electrons. The molecule has 1 heterocycles. The van der Waals surface area contributed by atoms with Gasteiger partial charge in [0.2, 0.25) is 0 Å². The molecule has 0 aliphatic rings. The summed E-state index contributed by atoms with van der Waals surface area (Å²) in [6, 6.07) is 24.5. The molecule has 0 amide bonds. The highest BCUT2D eigenvalue weighted by Crippen LogP contribution is 2.21. The lowest BCUT2D eigenvalue weighted by atomic mass is 10.1. The van der Waals surface area contributed by atoms with Gasteiger partial charge in [-0.25, -0.2) is 0 Å². The number of hydrogen-bond donors (Lipinski definition) is 1. The highest BCUT2D eigenvalue weighted by atomic mass is 15.3. The van der Waals surface area contributed by atoms with Gasteiger partial charge in [-0.3, -0.25) is 10.4 Å². The smallest absolute Gasteiger partial charge is 0.0951 e. The number of fused-ring (bicyclic) bond motifs is 2. The Bertz CT molecular complexity index is 995. The minimum atomic E-state index is 0.902. The van der Waals surface area contributed by atoms with Crippen LogP contribution in [0.3, 0.4) is 0 Å². The van der Waals surface area contributed by atoms with Gasteiger partial charge < -0.3 is 0 Å². The van der Waals surface area contributed by atoms with Crippen LogP contribution in [0.5, 0.6) is 0 Å². The van der Waals surface area contributed by atoms with Gasteiger partial charge in [0.05, 0.1) is 17.4 Å². The number of anilines is 1. The summed E-state index contributed by atoms with van der Waals surface area (Å²) in [5, 5.41) is 7.90. The standard InChI is InChI=1S/C20H15N3/c1-2-11-18-15(6-1)7-3-9-17(18)14-22-23-19-12-4-8-16-10-5-13-21-20(16)19/h1-14,23H/b22-14-. The molecule has 1 aromatic heterocycles. The van der Waals surface area contributed by atoms with Crippen molar-refractivity contribution < 1.29 is 0 Å². The van der Waals surface area contributed by atoms with E-state index < -0.39 is 0 Å². The highest BCUT2D eigenvalue weighted by Gasteiger charge is 2.00. The first-order valence-corrected chi connectivity index (χ1v) is 7.52. The molecule has 0 atom stereocenters. The molecule has 0 spiro atoms. The zero-order chi connectivity index (χ0) is 15.5. The van der Waals surface area contributed by atoms with Crippen molar-refractivity contribution in [2.45, 2.75) is 0 Å². The molecule has 4 rings (SSSR count). The van der Waals surface area contributed by atoms with Gasteiger partial charge in [0.15, 0.2) is 0 Å². The van der Waals surface area contributed by atoms with Crippen molar-refractivity contribution in [3.63, 3.8) is 0 Å². The van der Waals surface area contributed by atoms with Gasteiger partial charge in [0, 0.05) is 17.1 Å². The van der Waals surface area contributed by atoms with Crippen molar-refractivity contribution in [2.75, 3.05) is 5.43 Å². The van der Waals surface area contributed by atoms with Crippen LogP contribution in [0.15, 0.2) is 84.1 Å². The normalized spacial score (nSPS) is 11.3. The van der Waals surface area contributed by atoms with Crippen molar-refractivity contribution in [3.05, 3.63) is 84.6 Å². The number of aromatic nitrogens is 1. The first kappa shape index (κ1) is 13.5. The second-order valence-corrected chi connectivity index (χ2v) is 5.32. The topological polar surface area (TPSA) is 37.3 Å². The molecule has 0 saturated heterocycles. The number of nitrogens with one attached hydrogen (secondary N) is 1. The summed E-state index contributed by atoms with van der Waals surface area (Å²) in [6.07, 6.45) is 3.64. The fourth-order valence-electron chi connectivity index (χ4n) is 2.73. The van der Waals surface area contributed by atoms with E-state index in [1.165, 1.54) is 10.8 Å². The lowest BCUT2D eigenvalue weighted by molar-refractivity contribution is 1.33. The van der Waals surface area contributed by atoms with Gasteiger partial charge in [0.25, 0.3) is 0 Å². The van der Waals surface area contributed by atoms with Crippen LogP contribution < -0.4 is 5.43 Å². The lowest BCUT2D eigenvalue weighted by Crippen LogP contribution is -1.93. The molecule has 0 bridgehead atoms. The van der Waals surface area contributed by atoms with Crippen molar-refractivity contribution in [1.82, 2.24) is 4.98 Å². The number of hydrazone groups is 1. The largest absolute Gasteiger partial charge is 0.276 e. The van der Waals surface area contributed by atoms with Crippen molar-refractivity contribution in [1.29, 1.82) is 0 Å².